The van der Waals surface area contributed by atoms with Crippen LogP contribution in [0, 0.1) is 10.5 Å². The van der Waals surface area contributed by atoms with Crippen molar-refractivity contribution < 1.29 is 13.2 Å². The Balaban J connectivity index is 2.30. The number of aldehydes is 1. The van der Waals surface area contributed by atoms with Crippen LogP contribution in [0.3, 0.4) is 0 Å². The van der Waals surface area contributed by atoms with Gasteiger partial charge in [0.1, 0.15) is 0 Å². The number of nitrogens with zero attached hydrogens (tertiary/aromatic N) is 2. The van der Waals surface area contributed by atoms with E-state index in [0.29, 0.717) is 15.2 Å². The highest BCUT2D eigenvalue weighted by atomic mass is 127. The molecule has 5 nitrogen and oxygen atoms in total. The van der Waals surface area contributed by atoms with E-state index in [9.17, 15) is 13.2 Å². The fourth-order valence-corrected chi connectivity index (χ4v) is 4.93. The molecule has 0 fully saturated rings. The van der Waals surface area contributed by atoms with Gasteiger partial charge in [0.25, 0.3) is 10.0 Å². The molecule has 0 aliphatic carbocycles. The Morgan fingerprint density at radius 2 is 1.91 bits per heavy atom. The van der Waals surface area contributed by atoms with E-state index in [1.807, 2.05) is 29.5 Å². The van der Waals surface area contributed by atoms with Gasteiger partial charge in [0.2, 0.25) is 0 Å². The number of rotatable bonds is 3. The molecule has 8 heteroatoms. The van der Waals surface area contributed by atoms with Crippen LogP contribution in [-0.4, -0.2) is 23.7 Å². The van der Waals surface area contributed by atoms with Crippen molar-refractivity contribution in [2.24, 2.45) is 0 Å². The quantitative estimate of drug-likeness (QED) is 0.442. The Kier molecular flexibility index (Phi) is 4.19. The van der Waals surface area contributed by atoms with Crippen LogP contribution in [0.1, 0.15) is 15.9 Å². The summed E-state index contributed by atoms with van der Waals surface area (Å²) in [7, 11) is -3.80. The fourth-order valence-electron chi connectivity index (χ4n) is 2.19. The van der Waals surface area contributed by atoms with Crippen molar-refractivity contribution in [3.63, 3.8) is 0 Å². The van der Waals surface area contributed by atoms with Crippen LogP contribution < -0.4 is 0 Å². The Bertz CT molecular complexity index is 1030. The highest BCUT2D eigenvalue weighted by Crippen LogP contribution is 2.32. The molecule has 23 heavy (non-hydrogen) atoms. The first-order valence-corrected chi connectivity index (χ1v) is 9.38. The molecule has 0 N–H and O–H groups in total. The van der Waals surface area contributed by atoms with E-state index in [-0.39, 0.29) is 21.1 Å². The number of pyridine rings is 1. The zero-order chi connectivity index (χ0) is 16.8. The first-order valence-electron chi connectivity index (χ1n) is 6.48. The predicted octanol–water partition coefficient (Wildman–Crippen LogP) is 3.65. The van der Waals surface area contributed by atoms with Crippen molar-refractivity contribution >= 4 is 61.5 Å². The summed E-state index contributed by atoms with van der Waals surface area (Å²) in [6.45, 7) is 1.88. The molecule has 0 amide bonds. The van der Waals surface area contributed by atoms with Crippen molar-refractivity contribution in [2.75, 3.05) is 0 Å². The molecule has 0 atom stereocenters. The van der Waals surface area contributed by atoms with E-state index >= 15 is 0 Å². The number of aryl methyl sites for hydroxylation is 1. The van der Waals surface area contributed by atoms with Crippen LogP contribution >= 0.6 is 34.2 Å². The largest absolute Gasteiger partial charge is 0.298 e. The van der Waals surface area contributed by atoms with Gasteiger partial charge in [-0.05, 0) is 41.6 Å². The molecule has 0 aliphatic heterocycles. The molecule has 2 heterocycles. The summed E-state index contributed by atoms with van der Waals surface area (Å²) in [6, 6.07) is 6.55. The second-order valence-corrected chi connectivity index (χ2v) is 8.29. The topological polar surface area (TPSA) is 69.0 Å². The van der Waals surface area contributed by atoms with Gasteiger partial charge in [0.15, 0.2) is 11.9 Å². The van der Waals surface area contributed by atoms with E-state index in [4.69, 9.17) is 11.6 Å². The van der Waals surface area contributed by atoms with Gasteiger partial charge in [-0.2, -0.15) is 0 Å². The normalized spacial score (nSPS) is 11.8. The van der Waals surface area contributed by atoms with E-state index in [2.05, 4.69) is 4.98 Å². The zero-order valence-electron chi connectivity index (χ0n) is 11.8. The first-order chi connectivity index (χ1) is 10.9. The number of hydrogen-bond acceptors (Lipinski definition) is 4. The third-order valence-electron chi connectivity index (χ3n) is 3.41. The second-order valence-electron chi connectivity index (χ2n) is 4.93. The second kappa shape index (κ2) is 5.88. The van der Waals surface area contributed by atoms with Crippen molar-refractivity contribution in [3.8, 4) is 0 Å². The lowest BCUT2D eigenvalue weighted by Crippen LogP contribution is -2.12. The molecule has 0 radical (unpaired) electrons. The first kappa shape index (κ1) is 16.4. The van der Waals surface area contributed by atoms with Gasteiger partial charge in [0, 0.05) is 16.0 Å². The number of hydrogen-bond donors (Lipinski definition) is 0. The van der Waals surface area contributed by atoms with Gasteiger partial charge in [-0.25, -0.2) is 17.4 Å². The summed E-state index contributed by atoms with van der Waals surface area (Å²) in [5.41, 5.74) is 1.39. The van der Waals surface area contributed by atoms with Gasteiger partial charge in [0.05, 0.1) is 20.9 Å². The van der Waals surface area contributed by atoms with Crippen LogP contribution in [0.5, 0.6) is 0 Å². The third-order valence-corrected chi connectivity index (χ3v) is 6.29. The molecule has 3 rings (SSSR count). The number of aromatic nitrogens is 2. The lowest BCUT2D eigenvalue weighted by Gasteiger charge is -2.07. The summed E-state index contributed by atoms with van der Waals surface area (Å²) >= 11 is 8.17. The summed E-state index contributed by atoms with van der Waals surface area (Å²) in [5, 5.41) is 0.653. The molecular weight excluding hydrogens is 451 g/mol. The molecule has 0 unspecified atom stereocenters. The average molecular weight is 461 g/mol. The maximum absolute atomic E-state index is 12.8. The maximum atomic E-state index is 12.8. The zero-order valence-corrected chi connectivity index (χ0v) is 15.6. The minimum atomic E-state index is -3.80. The van der Waals surface area contributed by atoms with Crippen molar-refractivity contribution in [1.82, 2.24) is 8.96 Å². The van der Waals surface area contributed by atoms with Gasteiger partial charge < -0.3 is 0 Å². The number of benzene rings is 1. The maximum Gasteiger partial charge on any atom is 0.269 e. The number of fused-ring (bicyclic) bond motifs is 1. The summed E-state index contributed by atoms with van der Waals surface area (Å²) in [4.78, 5) is 15.3. The molecule has 0 saturated carbocycles. The lowest BCUT2D eigenvalue weighted by atomic mass is 10.2. The van der Waals surface area contributed by atoms with Gasteiger partial charge in [-0.3, -0.25) is 4.79 Å². The third kappa shape index (κ3) is 2.66. The minimum Gasteiger partial charge on any atom is -0.298 e. The summed E-state index contributed by atoms with van der Waals surface area (Å²) in [6.07, 6.45) is 3.32. The minimum absolute atomic E-state index is 0.161. The molecule has 1 aromatic carbocycles. The van der Waals surface area contributed by atoms with Crippen molar-refractivity contribution in [2.45, 2.75) is 11.8 Å². The number of carbonyl (C=O) groups excluding carboxylic acids is 1. The lowest BCUT2D eigenvalue weighted by molar-refractivity contribution is 0.112. The van der Waals surface area contributed by atoms with E-state index in [0.717, 1.165) is 9.54 Å². The van der Waals surface area contributed by atoms with E-state index < -0.39 is 10.0 Å². The van der Waals surface area contributed by atoms with Gasteiger partial charge in [-0.15, -0.1) is 0 Å². The van der Waals surface area contributed by atoms with Crippen LogP contribution in [0.15, 0.2) is 41.6 Å². The average Bonchev–Trinajstić information content (AvgIpc) is 2.87. The highest BCUT2D eigenvalue weighted by molar-refractivity contribution is 14.1. The van der Waals surface area contributed by atoms with Crippen LogP contribution in [0.25, 0.3) is 11.0 Å². The Labute approximate surface area is 151 Å². The van der Waals surface area contributed by atoms with Crippen LogP contribution in [0.4, 0.5) is 0 Å². The van der Waals surface area contributed by atoms with Crippen LogP contribution in [-0.2, 0) is 10.0 Å². The highest BCUT2D eigenvalue weighted by Gasteiger charge is 2.23. The summed E-state index contributed by atoms with van der Waals surface area (Å²) in [5.74, 6) is 0. The SMILES string of the molecule is Cc1ccc(S(=O)(=O)n2cc(I)c3c(Cl)c(C=O)cnc32)cc1. The summed E-state index contributed by atoms with van der Waals surface area (Å²) < 4.78 is 27.4. The van der Waals surface area contributed by atoms with Crippen LogP contribution in [0.2, 0.25) is 5.02 Å². The number of halogens is 2. The molecule has 3 aromatic rings. The predicted molar refractivity (Wildman–Crippen MR) is 96.6 cm³/mol. The van der Waals surface area contributed by atoms with Gasteiger partial charge >= 0.3 is 0 Å². The Hall–Kier alpha value is -1.45. The monoisotopic (exact) mass is 460 g/mol. The van der Waals surface area contributed by atoms with Gasteiger partial charge in [-0.1, -0.05) is 29.3 Å². The van der Waals surface area contributed by atoms with E-state index in [1.54, 1.807) is 24.3 Å². The molecule has 118 valence electrons. The fraction of sp³-hybridized carbons (Fsp3) is 0.0667. The Morgan fingerprint density at radius 3 is 2.52 bits per heavy atom. The molecule has 0 spiro atoms. The van der Waals surface area contributed by atoms with E-state index in [1.165, 1.54) is 12.4 Å². The number of carbonyl (C=O) groups is 1. The smallest absolute Gasteiger partial charge is 0.269 e. The van der Waals surface area contributed by atoms with Crippen molar-refractivity contribution in [1.29, 1.82) is 0 Å². The van der Waals surface area contributed by atoms with Crippen molar-refractivity contribution in [3.05, 3.63) is 56.4 Å². The molecule has 0 bridgehead atoms. The molecule has 0 saturated heterocycles. The molecule has 2 aromatic heterocycles. The standard InChI is InChI=1S/C15H10ClIN2O3S/c1-9-2-4-11(5-3-9)23(21,22)19-7-12(17)13-14(16)10(8-20)6-18-15(13)19/h2-8H,1H3. The molecule has 0 aliphatic rings. The Morgan fingerprint density at radius 1 is 1.26 bits per heavy atom. The molecular formula is C15H10ClIN2O3S.